The summed E-state index contributed by atoms with van der Waals surface area (Å²) in [6.07, 6.45) is 4.28. The molecule has 1 amide bonds. The second-order valence-corrected chi connectivity index (χ2v) is 6.33. The summed E-state index contributed by atoms with van der Waals surface area (Å²) in [7, 11) is 0. The Morgan fingerprint density at radius 1 is 1.38 bits per heavy atom. The molecule has 0 unspecified atom stereocenters. The topological polar surface area (TPSA) is 80.5 Å². The van der Waals surface area contributed by atoms with Crippen molar-refractivity contribution in [2.24, 2.45) is 0 Å². The van der Waals surface area contributed by atoms with E-state index < -0.39 is 0 Å². The van der Waals surface area contributed by atoms with Crippen molar-refractivity contribution in [3.05, 3.63) is 48.3 Å². The van der Waals surface area contributed by atoms with Crippen LogP contribution in [0, 0.1) is 0 Å². The largest absolute Gasteiger partial charge is 0.487 e. The number of nitrogens with zero attached hydrogens (tertiary/aromatic N) is 3. The number of para-hydroxylation sites is 2. The van der Waals surface area contributed by atoms with Crippen molar-refractivity contribution in [3.8, 4) is 5.75 Å². The van der Waals surface area contributed by atoms with Crippen molar-refractivity contribution in [1.29, 1.82) is 0 Å². The summed E-state index contributed by atoms with van der Waals surface area (Å²) in [6, 6.07) is 10.2. The molecular formula is C19H20N4O3. The van der Waals surface area contributed by atoms with E-state index in [0.29, 0.717) is 24.9 Å². The van der Waals surface area contributed by atoms with Gasteiger partial charge in [-0.25, -0.2) is 0 Å². The van der Waals surface area contributed by atoms with Gasteiger partial charge in [0.1, 0.15) is 17.4 Å². The fourth-order valence-electron chi connectivity index (χ4n) is 3.05. The third kappa shape index (κ3) is 3.46. The number of hydrogen-bond acceptors (Lipinski definition) is 6. The molecule has 7 nitrogen and oxygen atoms in total. The number of nitrogens with one attached hydrogen (secondary N) is 1. The van der Waals surface area contributed by atoms with Crippen LogP contribution in [-0.4, -0.2) is 35.1 Å². The number of anilines is 1. The molecule has 0 bridgehead atoms. The first-order chi connectivity index (χ1) is 12.7. The third-order valence-electron chi connectivity index (χ3n) is 4.39. The standard InChI is InChI=1S/C19H20N4O3/c1-13(24)21-10-14-6-8-20-11-18(14)25-15-7-9-23(12-15)19-22-16-4-2-3-5-17(16)26-19/h2-6,8,11,15H,7,9-10,12H2,1H3,(H,21,24)/t15-/m0/s1. The molecule has 1 saturated heterocycles. The number of benzene rings is 1. The van der Waals surface area contributed by atoms with Gasteiger partial charge >= 0.3 is 0 Å². The highest BCUT2D eigenvalue weighted by atomic mass is 16.5. The van der Waals surface area contributed by atoms with Gasteiger partial charge in [-0.15, -0.1) is 0 Å². The average Bonchev–Trinajstić information content (AvgIpc) is 3.27. The molecule has 1 atom stereocenters. The SMILES string of the molecule is CC(=O)NCc1ccncc1O[C@H]1CCN(c2nc3ccccc3o2)C1. The van der Waals surface area contributed by atoms with Crippen LogP contribution in [0.4, 0.5) is 6.01 Å². The molecule has 0 radical (unpaired) electrons. The van der Waals surface area contributed by atoms with Gasteiger partial charge in [-0.2, -0.15) is 4.98 Å². The van der Waals surface area contributed by atoms with E-state index in [0.717, 1.165) is 29.6 Å². The summed E-state index contributed by atoms with van der Waals surface area (Å²) < 4.78 is 12.0. The molecule has 0 aliphatic carbocycles. The van der Waals surface area contributed by atoms with Gasteiger partial charge in [0.05, 0.1) is 12.7 Å². The van der Waals surface area contributed by atoms with Crippen LogP contribution in [0.1, 0.15) is 18.9 Å². The number of hydrogen-bond donors (Lipinski definition) is 1. The Labute approximate surface area is 151 Å². The minimum Gasteiger partial charge on any atom is -0.487 e. The molecule has 1 aromatic carbocycles. The first-order valence-electron chi connectivity index (χ1n) is 8.63. The van der Waals surface area contributed by atoms with E-state index in [9.17, 15) is 4.79 Å². The molecule has 2 aromatic heterocycles. The lowest BCUT2D eigenvalue weighted by Gasteiger charge is -2.17. The number of fused-ring (bicyclic) bond motifs is 1. The lowest BCUT2D eigenvalue weighted by atomic mass is 10.2. The summed E-state index contributed by atoms with van der Waals surface area (Å²) in [5.41, 5.74) is 2.56. The Balaban J connectivity index is 1.44. The predicted molar refractivity (Wildman–Crippen MR) is 97.0 cm³/mol. The van der Waals surface area contributed by atoms with Crippen LogP contribution in [0.2, 0.25) is 0 Å². The lowest BCUT2D eigenvalue weighted by Crippen LogP contribution is -2.25. The first kappa shape index (κ1) is 16.4. The summed E-state index contributed by atoms with van der Waals surface area (Å²) >= 11 is 0. The van der Waals surface area contributed by atoms with E-state index >= 15 is 0 Å². The quantitative estimate of drug-likeness (QED) is 0.760. The number of oxazole rings is 1. The van der Waals surface area contributed by atoms with Crippen LogP contribution in [0.15, 0.2) is 47.1 Å². The highest BCUT2D eigenvalue weighted by molar-refractivity contribution is 5.74. The number of carbonyl (C=O) groups is 1. The van der Waals surface area contributed by atoms with E-state index in [-0.39, 0.29) is 12.0 Å². The fraction of sp³-hybridized carbons (Fsp3) is 0.316. The number of carbonyl (C=O) groups excluding carboxylic acids is 1. The molecule has 1 aliphatic heterocycles. The molecular weight excluding hydrogens is 332 g/mol. The van der Waals surface area contributed by atoms with E-state index in [1.807, 2.05) is 30.3 Å². The summed E-state index contributed by atoms with van der Waals surface area (Å²) in [4.78, 5) is 21.9. The minimum absolute atomic E-state index is 0.0188. The molecule has 0 spiro atoms. The Hall–Kier alpha value is -3.09. The van der Waals surface area contributed by atoms with E-state index in [1.54, 1.807) is 12.4 Å². The Morgan fingerprint density at radius 3 is 3.12 bits per heavy atom. The van der Waals surface area contributed by atoms with Crippen LogP contribution in [0.5, 0.6) is 5.75 Å². The predicted octanol–water partition coefficient (Wildman–Crippen LogP) is 2.52. The van der Waals surface area contributed by atoms with Crippen LogP contribution in [0.25, 0.3) is 11.1 Å². The van der Waals surface area contributed by atoms with Crippen molar-refractivity contribution in [2.75, 3.05) is 18.0 Å². The van der Waals surface area contributed by atoms with Gasteiger partial charge in [0.25, 0.3) is 6.01 Å². The van der Waals surface area contributed by atoms with Gasteiger partial charge in [0, 0.05) is 38.2 Å². The molecule has 3 heterocycles. The number of amides is 1. The molecule has 4 rings (SSSR count). The zero-order valence-electron chi connectivity index (χ0n) is 14.5. The van der Waals surface area contributed by atoms with Crippen molar-refractivity contribution >= 4 is 23.0 Å². The van der Waals surface area contributed by atoms with Gasteiger partial charge < -0.3 is 19.4 Å². The Kier molecular flexibility index (Phi) is 4.43. The summed E-state index contributed by atoms with van der Waals surface area (Å²) in [5.74, 6) is 0.626. The zero-order chi connectivity index (χ0) is 17.9. The molecule has 7 heteroatoms. The second kappa shape index (κ2) is 7.03. The Morgan fingerprint density at radius 2 is 2.27 bits per heavy atom. The Bertz CT molecular complexity index is 891. The van der Waals surface area contributed by atoms with Crippen molar-refractivity contribution in [1.82, 2.24) is 15.3 Å². The summed E-state index contributed by atoms with van der Waals surface area (Å²) in [5, 5.41) is 2.79. The molecule has 134 valence electrons. The first-order valence-corrected chi connectivity index (χ1v) is 8.63. The molecule has 0 saturated carbocycles. The van der Waals surface area contributed by atoms with E-state index in [1.165, 1.54) is 6.92 Å². The van der Waals surface area contributed by atoms with Crippen molar-refractivity contribution in [3.63, 3.8) is 0 Å². The maximum atomic E-state index is 11.2. The van der Waals surface area contributed by atoms with Crippen LogP contribution >= 0.6 is 0 Å². The van der Waals surface area contributed by atoms with Gasteiger partial charge in [-0.05, 0) is 18.2 Å². The highest BCUT2D eigenvalue weighted by Gasteiger charge is 2.28. The monoisotopic (exact) mass is 352 g/mol. The van der Waals surface area contributed by atoms with Gasteiger partial charge in [0.2, 0.25) is 5.91 Å². The molecule has 1 N–H and O–H groups in total. The number of rotatable bonds is 5. The van der Waals surface area contributed by atoms with Gasteiger partial charge in [-0.3, -0.25) is 9.78 Å². The van der Waals surface area contributed by atoms with Gasteiger partial charge in [0.15, 0.2) is 5.58 Å². The van der Waals surface area contributed by atoms with Crippen LogP contribution in [-0.2, 0) is 11.3 Å². The maximum absolute atomic E-state index is 11.2. The molecule has 26 heavy (non-hydrogen) atoms. The normalized spacial score (nSPS) is 16.8. The minimum atomic E-state index is -0.0734. The second-order valence-electron chi connectivity index (χ2n) is 6.33. The third-order valence-corrected chi connectivity index (χ3v) is 4.39. The van der Waals surface area contributed by atoms with Crippen LogP contribution < -0.4 is 15.0 Å². The van der Waals surface area contributed by atoms with Crippen LogP contribution in [0.3, 0.4) is 0 Å². The van der Waals surface area contributed by atoms with E-state index in [4.69, 9.17) is 9.15 Å². The smallest absolute Gasteiger partial charge is 0.298 e. The fourth-order valence-corrected chi connectivity index (χ4v) is 3.05. The van der Waals surface area contributed by atoms with E-state index in [2.05, 4.69) is 20.2 Å². The molecule has 1 fully saturated rings. The van der Waals surface area contributed by atoms with Crippen molar-refractivity contribution in [2.45, 2.75) is 26.0 Å². The zero-order valence-corrected chi connectivity index (χ0v) is 14.5. The lowest BCUT2D eigenvalue weighted by molar-refractivity contribution is -0.119. The molecule has 3 aromatic rings. The van der Waals surface area contributed by atoms with Crippen molar-refractivity contribution < 1.29 is 13.9 Å². The van der Waals surface area contributed by atoms with Gasteiger partial charge in [-0.1, -0.05) is 12.1 Å². The number of pyridine rings is 1. The maximum Gasteiger partial charge on any atom is 0.298 e. The highest BCUT2D eigenvalue weighted by Crippen LogP contribution is 2.27. The number of ether oxygens (including phenoxy) is 1. The average molecular weight is 352 g/mol. The summed E-state index contributed by atoms with van der Waals surface area (Å²) in [6.45, 7) is 3.44. The number of aromatic nitrogens is 2. The molecule has 1 aliphatic rings.